The fraction of sp³-hybridized carbons (Fsp3) is 0.278. The predicted molar refractivity (Wildman–Crippen MR) is 86.8 cm³/mol. The number of rotatable bonds is 2. The SMILES string of the molecule is Cc1ccc(NC(=O)N2CCc3ccccc3C2CO)cc1F. The Kier molecular flexibility index (Phi) is 4.30. The summed E-state index contributed by atoms with van der Waals surface area (Å²) in [7, 11) is 0. The number of anilines is 1. The average molecular weight is 314 g/mol. The minimum Gasteiger partial charge on any atom is -0.394 e. The van der Waals surface area contributed by atoms with Crippen LogP contribution in [0.4, 0.5) is 14.9 Å². The molecule has 0 fully saturated rings. The second-order valence-electron chi connectivity index (χ2n) is 5.73. The van der Waals surface area contributed by atoms with E-state index in [0.717, 1.165) is 17.5 Å². The summed E-state index contributed by atoms with van der Waals surface area (Å²) in [5.41, 5.74) is 3.06. The number of hydrogen-bond acceptors (Lipinski definition) is 2. The van der Waals surface area contributed by atoms with Gasteiger partial charge in [0.05, 0.1) is 12.6 Å². The Labute approximate surface area is 134 Å². The molecule has 0 saturated heterocycles. The zero-order chi connectivity index (χ0) is 16.4. The van der Waals surface area contributed by atoms with E-state index in [1.54, 1.807) is 24.0 Å². The lowest BCUT2D eigenvalue weighted by Crippen LogP contribution is -2.43. The number of benzene rings is 2. The minimum atomic E-state index is -0.379. The van der Waals surface area contributed by atoms with E-state index in [-0.39, 0.29) is 24.5 Å². The van der Waals surface area contributed by atoms with Gasteiger partial charge >= 0.3 is 6.03 Å². The number of aliphatic hydroxyl groups excluding tert-OH is 1. The Balaban J connectivity index is 1.80. The molecule has 2 amide bonds. The smallest absolute Gasteiger partial charge is 0.322 e. The molecule has 1 unspecified atom stereocenters. The van der Waals surface area contributed by atoms with Crippen LogP contribution in [0.2, 0.25) is 0 Å². The number of nitrogens with one attached hydrogen (secondary N) is 1. The van der Waals surface area contributed by atoms with Gasteiger partial charge in [-0.3, -0.25) is 0 Å². The molecule has 1 aliphatic heterocycles. The van der Waals surface area contributed by atoms with Crippen LogP contribution < -0.4 is 5.32 Å². The molecule has 0 spiro atoms. The highest BCUT2D eigenvalue weighted by Gasteiger charge is 2.30. The standard InChI is InChI=1S/C18H19FN2O2/c1-12-6-7-14(10-16(12)19)20-18(23)21-9-8-13-4-2-3-5-15(13)17(21)11-22/h2-7,10,17,22H,8-9,11H2,1H3,(H,20,23). The van der Waals surface area contributed by atoms with Crippen LogP contribution in [0.15, 0.2) is 42.5 Å². The van der Waals surface area contributed by atoms with Gasteiger partial charge in [0.15, 0.2) is 0 Å². The van der Waals surface area contributed by atoms with Crippen molar-refractivity contribution in [1.29, 1.82) is 0 Å². The van der Waals surface area contributed by atoms with Crippen LogP contribution in [0, 0.1) is 12.7 Å². The van der Waals surface area contributed by atoms with Crippen molar-refractivity contribution in [3.05, 3.63) is 65.0 Å². The van der Waals surface area contributed by atoms with Crippen molar-refractivity contribution in [3.63, 3.8) is 0 Å². The fourth-order valence-corrected chi connectivity index (χ4v) is 2.96. The van der Waals surface area contributed by atoms with E-state index in [9.17, 15) is 14.3 Å². The van der Waals surface area contributed by atoms with Crippen molar-refractivity contribution in [2.24, 2.45) is 0 Å². The Bertz CT molecular complexity index is 733. The van der Waals surface area contributed by atoms with Gasteiger partial charge in [-0.15, -0.1) is 0 Å². The number of carbonyl (C=O) groups is 1. The molecule has 1 heterocycles. The van der Waals surface area contributed by atoms with E-state index in [4.69, 9.17) is 0 Å². The second-order valence-corrected chi connectivity index (χ2v) is 5.73. The fourth-order valence-electron chi connectivity index (χ4n) is 2.96. The Hall–Kier alpha value is -2.40. The highest BCUT2D eigenvalue weighted by atomic mass is 19.1. The molecule has 5 heteroatoms. The molecule has 2 aromatic rings. The zero-order valence-electron chi connectivity index (χ0n) is 12.9. The largest absolute Gasteiger partial charge is 0.394 e. The third kappa shape index (κ3) is 3.05. The normalized spacial score (nSPS) is 16.8. The first-order valence-electron chi connectivity index (χ1n) is 7.62. The predicted octanol–water partition coefficient (Wildman–Crippen LogP) is 3.26. The summed E-state index contributed by atoms with van der Waals surface area (Å²) in [6.45, 7) is 2.04. The molecular formula is C18H19FN2O2. The highest BCUT2D eigenvalue weighted by Crippen LogP contribution is 2.29. The number of urea groups is 1. The van der Waals surface area contributed by atoms with Crippen LogP contribution in [-0.2, 0) is 6.42 Å². The number of carbonyl (C=O) groups excluding carboxylic acids is 1. The summed E-state index contributed by atoms with van der Waals surface area (Å²) in [6, 6.07) is 11.7. The lowest BCUT2D eigenvalue weighted by molar-refractivity contribution is 0.135. The van der Waals surface area contributed by atoms with E-state index >= 15 is 0 Å². The second kappa shape index (κ2) is 6.38. The molecule has 3 rings (SSSR count). The van der Waals surface area contributed by atoms with E-state index in [1.165, 1.54) is 6.07 Å². The molecule has 0 radical (unpaired) electrons. The molecule has 120 valence electrons. The summed E-state index contributed by atoms with van der Waals surface area (Å²) < 4.78 is 13.6. The topological polar surface area (TPSA) is 52.6 Å². The van der Waals surface area contributed by atoms with Crippen LogP contribution in [0.3, 0.4) is 0 Å². The number of hydrogen-bond donors (Lipinski definition) is 2. The van der Waals surface area contributed by atoms with Crippen molar-refractivity contribution in [2.45, 2.75) is 19.4 Å². The Morgan fingerprint density at radius 3 is 2.87 bits per heavy atom. The first kappa shape index (κ1) is 15.5. The number of aryl methyl sites for hydroxylation is 1. The Morgan fingerprint density at radius 1 is 1.35 bits per heavy atom. The van der Waals surface area contributed by atoms with Gasteiger partial charge in [0.25, 0.3) is 0 Å². The summed E-state index contributed by atoms with van der Waals surface area (Å²) in [5.74, 6) is -0.356. The van der Waals surface area contributed by atoms with Crippen molar-refractivity contribution in [1.82, 2.24) is 4.90 Å². The van der Waals surface area contributed by atoms with Gasteiger partial charge in [0.2, 0.25) is 0 Å². The van der Waals surface area contributed by atoms with Crippen LogP contribution >= 0.6 is 0 Å². The molecule has 0 aromatic heterocycles. The summed E-state index contributed by atoms with van der Waals surface area (Å²) in [5, 5.41) is 12.4. The van der Waals surface area contributed by atoms with Gasteiger partial charge in [0.1, 0.15) is 5.82 Å². The molecule has 23 heavy (non-hydrogen) atoms. The van der Waals surface area contributed by atoms with Crippen molar-refractivity contribution in [3.8, 4) is 0 Å². The maximum absolute atomic E-state index is 13.6. The molecule has 2 N–H and O–H groups in total. The van der Waals surface area contributed by atoms with Crippen LogP contribution in [-0.4, -0.2) is 29.2 Å². The molecule has 0 saturated carbocycles. The maximum Gasteiger partial charge on any atom is 0.322 e. The van der Waals surface area contributed by atoms with Crippen molar-refractivity contribution < 1.29 is 14.3 Å². The van der Waals surface area contributed by atoms with E-state index in [1.807, 2.05) is 24.3 Å². The molecule has 1 atom stereocenters. The summed E-state index contributed by atoms with van der Waals surface area (Å²) >= 11 is 0. The first-order chi connectivity index (χ1) is 11.1. The van der Waals surface area contributed by atoms with Crippen LogP contribution in [0.25, 0.3) is 0 Å². The number of nitrogens with zero attached hydrogens (tertiary/aromatic N) is 1. The quantitative estimate of drug-likeness (QED) is 0.894. The highest BCUT2D eigenvalue weighted by molar-refractivity contribution is 5.89. The van der Waals surface area contributed by atoms with Crippen LogP contribution in [0.5, 0.6) is 0 Å². The van der Waals surface area contributed by atoms with E-state index < -0.39 is 0 Å². The van der Waals surface area contributed by atoms with Gasteiger partial charge in [0, 0.05) is 12.2 Å². The first-order valence-corrected chi connectivity index (χ1v) is 7.62. The molecule has 2 aromatic carbocycles. The molecule has 0 aliphatic carbocycles. The summed E-state index contributed by atoms with van der Waals surface area (Å²) in [6.07, 6.45) is 0.738. The lowest BCUT2D eigenvalue weighted by atomic mass is 9.93. The van der Waals surface area contributed by atoms with Gasteiger partial charge in [-0.2, -0.15) is 0 Å². The van der Waals surface area contributed by atoms with Gasteiger partial charge in [-0.1, -0.05) is 30.3 Å². The van der Waals surface area contributed by atoms with Gasteiger partial charge in [-0.05, 0) is 42.2 Å². The molecular weight excluding hydrogens is 295 g/mol. The Morgan fingerprint density at radius 2 is 2.13 bits per heavy atom. The maximum atomic E-state index is 13.6. The van der Waals surface area contributed by atoms with Crippen LogP contribution in [0.1, 0.15) is 22.7 Å². The van der Waals surface area contributed by atoms with E-state index in [2.05, 4.69) is 5.32 Å². The van der Waals surface area contributed by atoms with E-state index in [0.29, 0.717) is 17.8 Å². The average Bonchev–Trinajstić information content (AvgIpc) is 2.57. The third-order valence-corrected chi connectivity index (χ3v) is 4.27. The number of halogens is 1. The molecule has 4 nitrogen and oxygen atoms in total. The molecule has 0 bridgehead atoms. The number of amides is 2. The van der Waals surface area contributed by atoms with Gasteiger partial charge in [-0.25, -0.2) is 9.18 Å². The zero-order valence-corrected chi connectivity index (χ0v) is 12.9. The number of aliphatic hydroxyl groups is 1. The third-order valence-electron chi connectivity index (χ3n) is 4.27. The lowest BCUT2D eigenvalue weighted by Gasteiger charge is -2.36. The number of fused-ring (bicyclic) bond motifs is 1. The summed E-state index contributed by atoms with van der Waals surface area (Å²) in [4.78, 5) is 14.1. The monoisotopic (exact) mass is 314 g/mol. The molecule has 1 aliphatic rings. The minimum absolute atomic E-state index is 0.146. The van der Waals surface area contributed by atoms with Crippen molar-refractivity contribution >= 4 is 11.7 Å². The van der Waals surface area contributed by atoms with Gasteiger partial charge < -0.3 is 15.3 Å². The van der Waals surface area contributed by atoms with Crippen molar-refractivity contribution in [2.75, 3.05) is 18.5 Å².